The van der Waals surface area contributed by atoms with Crippen LogP contribution in [-0.2, 0) is 0 Å². The summed E-state index contributed by atoms with van der Waals surface area (Å²) in [6, 6.07) is 4.22. The number of rotatable bonds is 0. The second-order valence-corrected chi connectivity index (χ2v) is 4.59. The standard InChI is InChI=1S/C9H10N2.C4H10/c1-6-3-8-9(4-7(6)2)11-5-10-8;1-4(2)3/h3-5H,1-2H3,(H,10,11);4H,1-3H3. The Balaban J connectivity index is 0.000000245. The molecule has 0 amide bonds. The number of hydrogen-bond donors (Lipinski definition) is 1. The van der Waals surface area contributed by atoms with Crippen LogP contribution in [0.4, 0.5) is 0 Å². The molecule has 0 saturated heterocycles. The molecule has 2 heteroatoms. The van der Waals surface area contributed by atoms with Crippen LogP contribution in [0.3, 0.4) is 0 Å². The van der Waals surface area contributed by atoms with Crippen LogP contribution in [0.2, 0.25) is 0 Å². The van der Waals surface area contributed by atoms with Crippen LogP contribution in [-0.4, -0.2) is 9.97 Å². The lowest BCUT2D eigenvalue weighted by atomic mass is 10.1. The average Bonchev–Trinajstić information content (AvgIpc) is 2.51. The number of fused-ring (bicyclic) bond motifs is 1. The minimum Gasteiger partial charge on any atom is -0.345 e. The summed E-state index contributed by atoms with van der Waals surface area (Å²) in [7, 11) is 0. The van der Waals surface area contributed by atoms with Gasteiger partial charge in [0.1, 0.15) is 0 Å². The first-order chi connectivity index (χ1) is 7.00. The van der Waals surface area contributed by atoms with E-state index >= 15 is 0 Å². The fraction of sp³-hybridized carbons (Fsp3) is 0.462. The Bertz CT molecular complexity index is 388. The van der Waals surface area contributed by atoms with E-state index in [1.165, 1.54) is 11.1 Å². The molecular weight excluding hydrogens is 184 g/mol. The molecule has 0 aliphatic carbocycles. The number of aromatic nitrogens is 2. The van der Waals surface area contributed by atoms with Gasteiger partial charge in [0.2, 0.25) is 0 Å². The van der Waals surface area contributed by atoms with Crippen molar-refractivity contribution in [1.82, 2.24) is 9.97 Å². The van der Waals surface area contributed by atoms with E-state index < -0.39 is 0 Å². The van der Waals surface area contributed by atoms with Crippen LogP contribution < -0.4 is 0 Å². The molecule has 0 radical (unpaired) electrons. The van der Waals surface area contributed by atoms with E-state index in [4.69, 9.17) is 0 Å². The minimum absolute atomic E-state index is 0.833. The lowest BCUT2D eigenvalue weighted by Gasteiger charge is -1.97. The monoisotopic (exact) mass is 204 g/mol. The van der Waals surface area contributed by atoms with E-state index in [1.807, 2.05) is 0 Å². The molecule has 0 aliphatic rings. The van der Waals surface area contributed by atoms with Crippen molar-refractivity contribution in [2.45, 2.75) is 34.6 Å². The van der Waals surface area contributed by atoms with Gasteiger partial charge in [-0.3, -0.25) is 0 Å². The normalized spacial score (nSPS) is 10.3. The minimum atomic E-state index is 0.833. The van der Waals surface area contributed by atoms with Crippen LogP contribution in [0.1, 0.15) is 31.9 Å². The Labute approximate surface area is 91.7 Å². The lowest BCUT2D eigenvalue weighted by Crippen LogP contribution is -1.79. The van der Waals surface area contributed by atoms with Crippen LogP contribution >= 0.6 is 0 Å². The lowest BCUT2D eigenvalue weighted by molar-refractivity contribution is 0.737. The summed E-state index contributed by atoms with van der Waals surface area (Å²) >= 11 is 0. The summed E-state index contributed by atoms with van der Waals surface area (Å²) in [5, 5.41) is 0. The Morgan fingerprint density at radius 1 is 1.07 bits per heavy atom. The molecule has 2 nitrogen and oxygen atoms in total. The van der Waals surface area contributed by atoms with Crippen LogP contribution in [0.5, 0.6) is 0 Å². The summed E-state index contributed by atoms with van der Waals surface area (Å²) < 4.78 is 0. The third-order valence-electron chi connectivity index (χ3n) is 2.04. The van der Waals surface area contributed by atoms with Crippen molar-refractivity contribution in [3.63, 3.8) is 0 Å². The number of aryl methyl sites for hydroxylation is 2. The van der Waals surface area contributed by atoms with Gasteiger partial charge in [0.15, 0.2) is 0 Å². The van der Waals surface area contributed by atoms with Gasteiger partial charge in [-0.25, -0.2) is 4.98 Å². The molecule has 15 heavy (non-hydrogen) atoms. The number of aromatic amines is 1. The predicted molar refractivity (Wildman–Crippen MR) is 66.1 cm³/mol. The molecule has 1 aromatic heterocycles. The summed E-state index contributed by atoms with van der Waals surface area (Å²) in [6.45, 7) is 10.7. The molecule has 2 rings (SSSR count). The Kier molecular flexibility index (Phi) is 3.89. The van der Waals surface area contributed by atoms with Gasteiger partial charge in [-0.05, 0) is 43.0 Å². The zero-order valence-electron chi connectivity index (χ0n) is 10.3. The van der Waals surface area contributed by atoms with Crippen LogP contribution in [0.25, 0.3) is 11.0 Å². The highest BCUT2D eigenvalue weighted by Gasteiger charge is 1.97. The largest absolute Gasteiger partial charge is 0.345 e. The van der Waals surface area contributed by atoms with Gasteiger partial charge in [-0.1, -0.05) is 20.8 Å². The Hall–Kier alpha value is -1.31. The average molecular weight is 204 g/mol. The van der Waals surface area contributed by atoms with Gasteiger partial charge in [-0.2, -0.15) is 0 Å². The molecule has 82 valence electrons. The molecule has 1 N–H and O–H groups in total. The molecule has 0 spiro atoms. The van der Waals surface area contributed by atoms with E-state index in [9.17, 15) is 0 Å². The first kappa shape index (κ1) is 11.8. The molecule has 1 heterocycles. The van der Waals surface area contributed by atoms with Gasteiger partial charge < -0.3 is 4.98 Å². The van der Waals surface area contributed by atoms with Crippen molar-refractivity contribution in [2.24, 2.45) is 5.92 Å². The van der Waals surface area contributed by atoms with Gasteiger partial charge in [0, 0.05) is 0 Å². The summed E-state index contributed by atoms with van der Waals surface area (Å²) in [5.74, 6) is 0.833. The molecular formula is C13H20N2. The summed E-state index contributed by atoms with van der Waals surface area (Å²) in [6.07, 6.45) is 1.73. The fourth-order valence-corrected chi connectivity index (χ4v) is 1.19. The van der Waals surface area contributed by atoms with E-state index in [1.54, 1.807) is 6.33 Å². The maximum Gasteiger partial charge on any atom is 0.0931 e. The zero-order valence-corrected chi connectivity index (χ0v) is 10.3. The molecule has 0 saturated carbocycles. The third kappa shape index (κ3) is 3.39. The van der Waals surface area contributed by atoms with Crippen molar-refractivity contribution < 1.29 is 0 Å². The highest BCUT2D eigenvalue weighted by Crippen LogP contribution is 2.14. The number of imidazole rings is 1. The number of nitrogens with one attached hydrogen (secondary N) is 1. The van der Waals surface area contributed by atoms with Gasteiger partial charge in [0.25, 0.3) is 0 Å². The first-order valence-corrected chi connectivity index (χ1v) is 5.41. The van der Waals surface area contributed by atoms with Crippen molar-refractivity contribution in [3.05, 3.63) is 29.6 Å². The van der Waals surface area contributed by atoms with Gasteiger partial charge in [-0.15, -0.1) is 0 Å². The summed E-state index contributed by atoms with van der Waals surface area (Å²) in [5.41, 5.74) is 4.77. The van der Waals surface area contributed by atoms with Crippen molar-refractivity contribution in [1.29, 1.82) is 0 Å². The number of nitrogens with zero attached hydrogens (tertiary/aromatic N) is 1. The van der Waals surface area contributed by atoms with Crippen molar-refractivity contribution in [3.8, 4) is 0 Å². The highest BCUT2D eigenvalue weighted by atomic mass is 14.9. The molecule has 2 aromatic rings. The maximum atomic E-state index is 4.17. The predicted octanol–water partition coefficient (Wildman–Crippen LogP) is 3.84. The van der Waals surface area contributed by atoms with Crippen LogP contribution in [0.15, 0.2) is 18.5 Å². The quantitative estimate of drug-likeness (QED) is 0.694. The number of benzene rings is 1. The molecule has 0 aliphatic heterocycles. The second-order valence-electron chi connectivity index (χ2n) is 4.59. The van der Waals surface area contributed by atoms with Gasteiger partial charge in [0.05, 0.1) is 17.4 Å². The van der Waals surface area contributed by atoms with Gasteiger partial charge >= 0.3 is 0 Å². The molecule has 1 aromatic carbocycles. The third-order valence-corrected chi connectivity index (χ3v) is 2.04. The number of hydrogen-bond acceptors (Lipinski definition) is 1. The van der Waals surface area contributed by atoms with E-state index in [0.29, 0.717) is 0 Å². The maximum absolute atomic E-state index is 4.17. The molecule has 0 fully saturated rings. The van der Waals surface area contributed by atoms with E-state index in [-0.39, 0.29) is 0 Å². The molecule has 0 unspecified atom stereocenters. The Morgan fingerprint density at radius 3 is 2.20 bits per heavy atom. The Morgan fingerprint density at radius 2 is 1.60 bits per heavy atom. The topological polar surface area (TPSA) is 28.7 Å². The second kappa shape index (κ2) is 4.96. The first-order valence-electron chi connectivity index (χ1n) is 5.41. The summed E-state index contributed by atoms with van der Waals surface area (Å²) in [4.78, 5) is 7.24. The van der Waals surface area contributed by atoms with Crippen molar-refractivity contribution in [2.75, 3.05) is 0 Å². The SMILES string of the molecule is CC(C)C.Cc1cc2nc[nH]c2cc1C. The fourth-order valence-electron chi connectivity index (χ4n) is 1.19. The molecule has 0 bridgehead atoms. The van der Waals surface area contributed by atoms with E-state index in [0.717, 1.165) is 17.0 Å². The zero-order chi connectivity index (χ0) is 11.4. The highest BCUT2D eigenvalue weighted by molar-refractivity contribution is 5.76. The molecule has 0 atom stereocenters. The smallest absolute Gasteiger partial charge is 0.0931 e. The van der Waals surface area contributed by atoms with Crippen LogP contribution in [0, 0.1) is 19.8 Å². The number of H-pyrrole nitrogens is 1. The van der Waals surface area contributed by atoms with Crippen molar-refractivity contribution >= 4 is 11.0 Å². The van der Waals surface area contributed by atoms with E-state index in [2.05, 4.69) is 56.7 Å².